The molecule has 0 bridgehead atoms. The number of ether oxygens (including phenoxy) is 1. The molecule has 2 aromatic carbocycles. The molecule has 6 rings (SSSR count). The van der Waals surface area contributed by atoms with Crippen LogP contribution in [-0.4, -0.2) is 52.1 Å². The molecule has 12 nitrogen and oxygen atoms in total. The van der Waals surface area contributed by atoms with Crippen LogP contribution in [0.2, 0.25) is 0 Å². The van der Waals surface area contributed by atoms with Crippen molar-refractivity contribution in [2.75, 3.05) is 11.3 Å². The molecule has 0 spiro atoms. The summed E-state index contributed by atoms with van der Waals surface area (Å²) in [5.74, 6) is -0.160. The van der Waals surface area contributed by atoms with Gasteiger partial charge in [-0.2, -0.15) is 4.98 Å². The lowest BCUT2D eigenvalue weighted by Crippen LogP contribution is -2.37. The minimum absolute atomic E-state index is 0.0759. The molecule has 268 valence electrons. The predicted octanol–water partition coefficient (Wildman–Crippen LogP) is 7.43. The topological polar surface area (TPSA) is 169 Å². The van der Waals surface area contributed by atoms with Crippen molar-refractivity contribution in [2.45, 2.75) is 90.1 Å². The number of aryl methyl sites for hydroxylation is 2. The van der Waals surface area contributed by atoms with Crippen molar-refractivity contribution in [2.24, 2.45) is 5.41 Å². The minimum atomic E-state index is -4.24. The maximum atomic E-state index is 13.4. The number of fused-ring (bicyclic) bond motifs is 1. The Hall–Kier alpha value is -4.88. The number of hydrogen-bond donors (Lipinski definition) is 3. The fraction of sp³-hybridized carbons (Fsp3) is 0.395. The third-order valence-electron chi connectivity index (χ3n) is 9.59. The fourth-order valence-corrected chi connectivity index (χ4v) is 7.34. The number of furan rings is 1. The van der Waals surface area contributed by atoms with Gasteiger partial charge < -0.3 is 19.6 Å². The number of carboxylic acid groups (broad SMARTS) is 1. The summed E-state index contributed by atoms with van der Waals surface area (Å²) in [5, 5.41) is 13.0. The highest BCUT2D eigenvalue weighted by Crippen LogP contribution is 2.44. The molecule has 0 radical (unpaired) electrons. The van der Waals surface area contributed by atoms with Gasteiger partial charge in [0.05, 0.1) is 28.0 Å². The molecule has 1 aliphatic rings. The lowest BCUT2D eigenvalue weighted by Gasteiger charge is -2.39. The van der Waals surface area contributed by atoms with E-state index < -0.39 is 16.0 Å². The highest BCUT2D eigenvalue weighted by Gasteiger charge is 2.32. The highest BCUT2D eigenvalue weighted by molar-refractivity contribution is 7.92. The number of benzene rings is 2. The van der Waals surface area contributed by atoms with E-state index in [0.29, 0.717) is 23.4 Å². The first-order valence-electron chi connectivity index (χ1n) is 17.2. The van der Waals surface area contributed by atoms with E-state index in [2.05, 4.69) is 45.8 Å². The predicted molar refractivity (Wildman–Crippen MR) is 194 cm³/mol. The first-order valence-corrected chi connectivity index (χ1v) is 18.7. The standard InChI is InChI=1S/C38H44N6O6S/c1-23(2)32-18-31-35(50-32)40-21-28(41-31)20-39-27(13-16-38(5)14-8-15-38)22-49-33-19-30(34-24(3)9-6-10-25(34)4)42-37(43-33)44-51(47,48)29-12-7-11-26(17-29)36(45)46/h6-7,9-12,17-19,21,23,27,39H,8,13-16,20,22H2,1-5H3,(H,45,46)(H,42,43,44)/t27-/m1/s1. The number of carbonyl (C=O) groups is 1. The maximum absolute atomic E-state index is 13.4. The fourth-order valence-electron chi connectivity index (χ4n) is 6.35. The molecular formula is C38H44N6O6S. The molecule has 1 atom stereocenters. The average molecular weight is 713 g/mol. The molecule has 13 heteroatoms. The summed E-state index contributed by atoms with van der Waals surface area (Å²) in [6, 6.07) is 14.6. The van der Waals surface area contributed by atoms with Gasteiger partial charge in [0, 0.05) is 36.2 Å². The van der Waals surface area contributed by atoms with Crippen molar-refractivity contribution in [3.05, 3.63) is 88.9 Å². The van der Waals surface area contributed by atoms with Crippen LogP contribution in [0.4, 0.5) is 5.95 Å². The Morgan fingerprint density at radius 3 is 2.47 bits per heavy atom. The van der Waals surface area contributed by atoms with Gasteiger partial charge in [-0.15, -0.1) is 0 Å². The number of carboxylic acids is 1. The molecule has 1 aliphatic carbocycles. The van der Waals surface area contributed by atoms with Crippen LogP contribution in [0.5, 0.6) is 5.88 Å². The van der Waals surface area contributed by atoms with Crippen LogP contribution in [0.3, 0.4) is 0 Å². The van der Waals surface area contributed by atoms with E-state index in [1.165, 1.54) is 37.5 Å². The molecular weight excluding hydrogens is 669 g/mol. The van der Waals surface area contributed by atoms with E-state index in [1.54, 1.807) is 12.3 Å². The summed E-state index contributed by atoms with van der Waals surface area (Å²) < 4.78 is 41.5. The van der Waals surface area contributed by atoms with Crippen LogP contribution in [0, 0.1) is 19.3 Å². The van der Waals surface area contributed by atoms with Gasteiger partial charge in [-0.1, -0.05) is 51.5 Å². The Labute approximate surface area is 298 Å². The summed E-state index contributed by atoms with van der Waals surface area (Å²) in [6.45, 7) is 11.1. The Morgan fingerprint density at radius 2 is 1.78 bits per heavy atom. The summed E-state index contributed by atoms with van der Waals surface area (Å²) in [5.41, 5.74) is 5.39. The molecule has 0 amide bonds. The van der Waals surface area contributed by atoms with Gasteiger partial charge in [-0.05, 0) is 74.3 Å². The summed E-state index contributed by atoms with van der Waals surface area (Å²) in [4.78, 5) is 29.6. The SMILES string of the molecule is Cc1cccc(C)c1-c1cc(OC[C@@H](CCC2(C)CCC2)NCc2cnc3oc(C(C)C)cc3n2)nc(NS(=O)(=O)c2cccc(C(=O)O)c2)n1. The third kappa shape index (κ3) is 8.54. The molecule has 5 aromatic rings. The van der Waals surface area contributed by atoms with Crippen LogP contribution < -0.4 is 14.8 Å². The molecule has 3 heterocycles. The largest absolute Gasteiger partial charge is 0.478 e. The van der Waals surface area contributed by atoms with Gasteiger partial charge in [0.15, 0.2) is 0 Å². The van der Waals surface area contributed by atoms with Gasteiger partial charge in [-0.25, -0.2) is 32.9 Å². The first-order chi connectivity index (χ1) is 24.3. The van der Waals surface area contributed by atoms with Crippen molar-refractivity contribution in [1.82, 2.24) is 25.3 Å². The smallest absolute Gasteiger partial charge is 0.335 e. The monoisotopic (exact) mass is 712 g/mol. The second-order valence-electron chi connectivity index (χ2n) is 14.1. The van der Waals surface area contributed by atoms with Crippen molar-refractivity contribution in [1.29, 1.82) is 0 Å². The average Bonchev–Trinajstić information content (AvgIpc) is 3.51. The summed E-state index contributed by atoms with van der Waals surface area (Å²) >= 11 is 0. The van der Waals surface area contributed by atoms with E-state index in [1.807, 2.05) is 38.1 Å². The Bertz CT molecular complexity index is 2140. The van der Waals surface area contributed by atoms with Gasteiger partial charge in [0.1, 0.15) is 17.9 Å². The number of rotatable bonds is 15. The number of aromatic carboxylic acids is 1. The van der Waals surface area contributed by atoms with Crippen molar-refractivity contribution in [3.8, 4) is 17.1 Å². The molecule has 0 unspecified atom stereocenters. The second-order valence-corrected chi connectivity index (χ2v) is 15.7. The van der Waals surface area contributed by atoms with Crippen LogP contribution in [-0.2, 0) is 16.6 Å². The lowest BCUT2D eigenvalue weighted by atomic mass is 9.67. The van der Waals surface area contributed by atoms with E-state index in [4.69, 9.17) is 14.1 Å². The number of nitrogens with zero attached hydrogens (tertiary/aromatic N) is 4. The second kappa shape index (κ2) is 14.8. The zero-order chi connectivity index (χ0) is 36.3. The van der Waals surface area contributed by atoms with Crippen LogP contribution >= 0.6 is 0 Å². The van der Waals surface area contributed by atoms with Crippen LogP contribution in [0.15, 0.2) is 70.1 Å². The first kappa shape index (κ1) is 35.9. The van der Waals surface area contributed by atoms with Crippen molar-refractivity contribution >= 4 is 33.2 Å². The third-order valence-corrected chi connectivity index (χ3v) is 10.9. The van der Waals surface area contributed by atoms with E-state index in [0.717, 1.165) is 52.6 Å². The van der Waals surface area contributed by atoms with Crippen molar-refractivity contribution < 1.29 is 27.5 Å². The van der Waals surface area contributed by atoms with Gasteiger partial charge in [-0.3, -0.25) is 0 Å². The van der Waals surface area contributed by atoms with Crippen LogP contribution in [0.1, 0.15) is 91.7 Å². The van der Waals surface area contributed by atoms with Gasteiger partial charge >= 0.3 is 5.97 Å². The Kier molecular flexibility index (Phi) is 10.4. The van der Waals surface area contributed by atoms with Crippen LogP contribution in [0.25, 0.3) is 22.5 Å². The number of nitrogens with one attached hydrogen (secondary N) is 2. The molecule has 0 aliphatic heterocycles. The maximum Gasteiger partial charge on any atom is 0.335 e. The van der Waals surface area contributed by atoms with E-state index >= 15 is 0 Å². The normalized spacial score (nSPS) is 14.7. The summed E-state index contributed by atoms with van der Waals surface area (Å²) in [7, 11) is -4.24. The number of hydrogen-bond acceptors (Lipinski definition) is 10. The van der Waals surface area contributed by atoms with Gasteiger partial charge in [0.25, 0.3) is 10.0 Å². The van der Waals surface area contributed by atoms with E-state index in [9.17, 15) is 18.3 Å². The quantitative estimate of drug-likeness (QED) is 0.0987. The zero-order valence-corrected chi connectivity index (χ0v) is 30.4. The molecule has 1 fully saturated rings. The minimum Gasteiger partial charge on any atom is -0.478 e. The zero-order valence-electron chi connectivity index (χ0n) is 29.6. The van der Waals surface area contributed by atoms with Crippen molar-refractivity contribution in [3.63, 3.8) is 0 Å². The Balaban J connectivity index is 1.26. The number of anilines is 1. The molecule has 0 saturated heterocycles. The number of aromatic nitrogens is 4. The molecule has 3 N–H and O–H groups in total. The highest BCUT2D eigenvalue weighted by atomic mass is 32.2. The molecule has 51 heavy (non-hydrogen) atoms. The Morgan fingerprint density at radius 1 is 1.04 bits per heavy atom. The lowest BCUT2D eigenvalue weighted by molar-refractivity contribution is 0.0696. The molecule has 3 aromatic heterocycles. The number of sulfonamides is 1. The molecule has 1 saturated carbocycles. The van der Waals surface area contributed by atoms with E-state index in [-0.39, 0.29) is 40.9 Å². The summed E-state index contributed by atoms with van der Waals surface area (Å²) in [6.07, 6.45) is 7.24. The van der Waals surface area contributed by atoms with Gasteiger partial charge in [0.2, 0.25) is 17.5 Å².